The van der Waals surface area contributed by atoms with Crippen LogP contribution in [-0.2, 0) is 4.74 Å². The molecule has 2 aromatic rings. The molecule has 0 atom stereocenters. The lowest BCUT2D eigenvalue weighted by Gasteiger charge is -2.40. The number of ether oxygens (including phenoxy) is 1. The van der Waals surface area contributed by atoms with Crippen LogP contribution in [-0.4, -0.2) is 53.5 Å². The Morgan fingerprint density at radius 2 is 2.07 bits per heavy atom. The van der Waals surface area contributed by atoms with Gasteiger partial charge in [0.2, 0.25) is 0 Å². The smallest absolute Gasteiger partial charge is 0.410 e. The first-order valence-corrected chi connectivity index (χ1v) is 9.42. The Morgan fingerprint density at radius 3 is 2.75 bits per heavy atom. The quantitative estimate of drug-likeness (QED) is 0.853. The first-order valence-electron chi connectivity index (χ1n) is 9.42. The summed E-state index contributed by atoms with van der Waals surface area (Å²) in [6, 6.07) is 8.19. The molecule has 0 unspecified atom stereocenters. The molecule has 0 aliphatic carbocycles. The predicted octanol–water partition coefficient (Wildman–Crippen LogP) is 3.32. The van der Waals surface area contributed by atoms with Gasteiger partial charge in [0.05, 0.1) is 18.1 Å². The number of hydrogen-bond donors (Lipinski definition) is 2. The summed E-state index contributed by atoms with van der Waals surface area (Å²) in [6.45, 7) is 7.50. The van der Waals surface area contributed by atoms with Crippen LogP contribution in [0.3, 0.4) is 0 Å². The minimum absolute atomic E-state index is 0.156. The van der Waals surface area contributed by atoms with E-state index < -0.39 is 5.60 Å². The second-order valence-corrected chi connectivity index (χ2v) is 8.23. The van der Waals surface area contributed by atoms with Crippen LogP contribution in [0.2, 0.25) is 0 Å². The number of fused-ring (bicyclic) bond motifs is 1. The van der Waals surface area contributed by atoms with Crippen molar-refractivity contribution in [2.75, 3.05) is 30.7 Å². The largest absolute Gasteiger partial charge is 0.444 e. The normalized spacial score (nSPS) is 16.8. The molecular formula is C21H25N5O2. The summed E-state index contributed by atoms with van der Waals surface area (Å²) in [5.74, 6) is 0.465. The van der Waals surface area contributed by atoms with Gasteiger partial charge in [-0.2, -0.15) is 0 Å². The number of nitrogens with zero attached hydrogens (tertiary/aromatic N) is 3. The number of amides is 1. The van der Waals surface area contributed by atoms with Gasteiger partial charge in [0.1, 0.15) is 11.4 Å². The number of likely N-dealkylation sites (tertiary alicyclic amines) is 1. The highest BCUT2D eigenvalue weighted by Gasteiger charge is 2.33. The third-order valence-corrected chi connectivity index (χ3v) is 4.74. The number of rotatable bonds is 3. The zero-order valence-electron chi connectivity index (χ0n) is 16.4. The molecular weight excluding hydrogens is 354 g/mol. The van der Waals surface area contributed by atoms with Crippen LogP contribution >= 0.6 is 0 Å². The highest BCUT2D eigenvalue weighted by atomic mass is 16.6. The van der Waals surface area contributed by atoms with Crippen LogP contribution < -0.4 is 11.1 Å². The molecule has 7 heteroatoms. The number of benzene rings is 1. The Morgan fingerprint density at radius 1 is 1.29 bits per heavy atom. The van der Waals surface area contributed by atoms with Gasteiger partial charge in [0.15, 0.2) is 0 Å². The third-order valence-electron chi connectivity index (χ3n) is 4.74. The van der Waals surface area contributed by atoms with E-state index in [9.17, 15) is 4.79 Å². The summed E-state index contributed by atoms with van der Waals surface area (Å²) >= 11 is 0. The predicted molar refractivity (Wildman–Crippen MR) is 113 cm³/mol. The second kappa shape index (κ2) is 6.82. The van der Waals surface area contributed by atoms with E-state index in [1.807, 2.05) is 45.2 Å². The van der Waals surface area contributed by atoms with Crippen molar-refractivity contribution in [1.82, 2.24) is 9.88 Å². The molecule has 1 fully saturated rings. The van der Waals surface area contributed by atoms with E-state index in [1.54, 1.807) is 4.90 Å². The number of nitrogens with two attached hydrogens (primary N) is 1. The number of pyridine rings is 1. The minimum Gasteiger partial charge on any atom is -0.444 e. The monoisotopic (exact) mass is 379 g/mol. The fourth-order valence-electron chi connectivity index (χ4n) is 3.37. The lowest BCUT2D eigenvalue weighted by Crippen LogP contribution is -2.57. The number of aliphatic imine (C=N–C) groups is 1. The number of nitrogens with one attached hydrogen (secondary N) is 1. The highest BCUT2D eigenvalue weighted by Crippen LogP contribution is 2.30. The third kappa shape index (κ3) is 3.78. The first-order chi connectivity index (χ1) is 13.3. The molecule has 1 aromatic heterocycles. The SMILES string of the molecule is CC(C)(C)OC(=O)N1CC(Nc2cc(N)nc3cc(C4=CC=NC4)ccc23)C1. The zero-order valence-corrected chi connectivity index (χ0v) is 16.4. The molecule has 1 saturated heterocycles. The maximum absolute atomic E-state index is 12.1. The lowest BCUT2D eigenvalue weighted by atomic mass is 10.0. The Hall–Kier alpha value is -3.09. The summed E-state index contributed by atoms with van der Waals surface area (Å²) in [6.07, 6.45) is 3.57. The number of anilines is 2. The average Bonchev–Trinajstić information content (AvgIpc) is 3.09. The number of allylic oxidation sites excluding steroid dienone is 1. The van der Waals surface area contributed by atoms with Crippen LogP contribution in [0, 0.1) is 0 Å². The van der Waals surface area contributed by atoms with E-state index in [0.29, 0.717) is 25.5 Å². The van der Waals surface area contributed by atoms with Crippen molar-refractivity contribution in [1.29, 1.82) is 0 Å². The molecule has 0 radical (unpaired) electrons. The van der Waals surface area contributed by atoms with E-state index in [0.717, 1.165) is 22.2 Å². The molecule has 0 bridgehead atoms. The van der Waals surface area contributed by atoms with Crippen molar-refractivity contribution in [3.63, 3.8) is 0 Å². The van der Waals surface area contributed by atoms with Gasteiger partial charge in [-0.1, -0.05) is 12.1 Å². The fourth-order valence-corrected chi connectivity index (χ4v) is 3.37. The molecule has 1 aromatic carbocycles. The average molecular weight is 379 g/mol. The highest BCUT2D eigenvalue weighted by molar-refractivity contribution is 5.97. The Bertz CT molecular complexity index is 984. The van der Waals surface area contributed by atoms with Gasteiger partial charge in [0.25, 0.3) is 0 Å². The molecule has 3 N–H and O–H groups in total. The number of carbonyl (C=O) groups is 1. The second-order valence-electron chi connectivity index (χ2n) is 8.23. The van der Waals surface area contributed by atoms with Gasteiger partial charge in [-0.3, -0.25) is 4.99 Å². The molecule has 7 nitrogen and oxygen atoms in total. The van der Waals surface area contributed by atoms with Crippen molar-refractivity contribution in [3.8, 4) is 0 Å². The summed E-state index contributed by atoms with van der Waals surface area (Å²) in [4.78, 5) is 22.5. The van der Waals surface area contributed by atoms with Crippen LogP contribution in [0.25, 0.3) is 16.5 Å². The van der Waals surface area contributed by atoms with Crippen molar-refractivity contribution in [2.45, 2.75) is 32.4 Å². The standard InChI is InChI=1S/C21H25N5O2/c1-21(2,3)28-20(27)26-11-15(12-26)24-18-9-19(22)25-17-8-13(4-5-16(17)18)14-6-7-23-10-14/h4-9,15H,10-12H2,1-3H3,(H3,22,24,25). The number of carbonyl (C=O) groups excluding carboxylic acids is 1. The van der Waals surface area contributed by atoms with E-state index in [-0.39, 0.29) is 12.1 Å². The summed E-state index contributed by atoms with van der Waals surface area (Å²) in [5, 5.41) is 4.50. The zero-order chi connectivity index (χ0) is 19.9. The fraction of sp³-hybridized carbons (Fsp3) is 0.381. The first kappa shape index (κ1) is 18.3. The maximum Gasteiger partial charge on any atom is 0.410 e. The Kier molecular flexibility index (Phi) is 4.45. The molecule has 4 rings (SSSR count). The van der Waals surface area contributed by atoms with Gasteiger partial charge < -0.3 is 20.7 Å². The maximum atomic E-state index is 12.1. The van der Waals surface area contributed by atoms with Crippen LogP contribution in [0.1, 0.15) is 26.3 Å². The van der Waals surface area contributed by atoms with E-state index >= 15 is 0 Å². The molecule has 2 aliphatic rings. The summed E-state index contributed by atoms with van der Waals surface area (Å²) < 4.78 is 5.41. The van der Waals surface area contributed by atoms with Gasteiger partial charge in [0, 0.05) is 36.4 Å². The van der Waals surface area contributed by atoms with E-state index in [2.05, 4.69) is 27.4 Å². The number of hydrogen-bond acceptors (Lipinski definition) is 6. The molecule has 3 heterocycles. The van der Waals surface area contributed by atoms with Crippen LogP contribution in [0.15, 0.2) is 35.3 Å². The van der Waals surface area contributed by atoms with E-state index in [1.165, 1.54) is 5.57 Å². The topological polar surface area (TPSA) is 92.8 Å². The molecule has 1 amide bonds. The van der Waals surface area contributed by atoms with Gasteiger partial charge in [-0.25, -0.2) is 9.78 Å². The number of aromatic nitrogens is 1. The number of nitrogen functional groups attached to an aromatic ring is 1. The van der Waals surface area contributed by atoms with Crippen molar-refractivity contribution >= 4 is 40.3 Å². The van der Waals surface area contributed by atoms with Gasteiger partial charge in [-0.15, -0.1) is 0 Å². The Balaban J connectivity index is 1.48. The van der Waals surface area contributed by atoms with Crippen LogP contribution in [0.5, 0.6) is 0 Å². The molecule has 2 aliphatic heterocycles. The van der Waals surface area contributed by atoms with Gasteiger partial charge in [-0.05, 0) is 44.1 Å². The summed E-state index contributed by atoms with van der Waals surface area (Å²) in [7, 11) is 0. The Labute approximate surface area is 164 Å². The van der Waals surface area contributed by atoms with Crippen LogP contribution in [0.4, 0.5) is 16.3 Å². The van der Waals surface area contributed by atoms with Gasteiger partial charge >= 0.3 is 6.09 Å². The minimum atomic E-state index is -0.483. The summed E-state index contributed by atoms with van der Waals surface area (Å²) in [5.41, 5.74) is 9.60. The molecule has 28 heavy (non-hydrogen) atoms. The lowest BCUT2D eigenvalue weighted by molar-refractivity contribution is 0.0105. The molecule has 0 saturated carbocycles. The van der Waals surface area contributed by atoms with Crippen molar-refractivity contribution in [3.05, 3.63) is 35.9 Å². The van der Waals surface area contributed by atoms with Crippen molar-refractivity contribution < 1.29 is 9.53 Å². The van der Waals surface area contributed by atoms with E-state index in [4.69, 9.17) is 10.5 Å². The van der Waals surface area contributed by atoms with Crippen molar-refractivity contribution in [2.24, 2.45) is 4.99 Å². The molecule has 0 spiro atoms. The molecule has 146 valence electrons.